The molecule has 106 valence electrons. The fourth-order valence-corrected chi connectivity index (χ4v) is 2.52. The number of ether oxygens (including phenoxy) is 1. The Morgan fingerprint density at radius 1 is 1.42 bits per heavy atom. The zero-order valence-electron chi connectivity index (χ0n) is 12.1. The highest BCUT2D eigenvalue weighted by atomic mass is 16.5. The van der Waals surface area contributed by atoms with Gasteiger partial charge in [-0.05, 0) is 37.5 Å². The van der Waals surface area contributed by atoms with Gasteiger partial charge in [-0.3, -0.25) is 0 Å². The third-order valence-corrected chi connectivity index (χ3v) is 3.70. The lowest BCUT2D eigenvalue weighted by Crippen LogP contribution is -2.49. The zero-order valence-corrected chi connectivity index (χ0v) is 12.1. The zero-order chi connectivity index (χ0) is 13.8. The lowest BCUT2D eigenvalue weighted by Gasteiger charge is -2.39. The van der Waals surface area contributed by atoms with E-state index < -0.39 is 0 Å². The van der Waals surface area contributed by atoms with Crippen molar-refractivity contribution in [3.05, 3.63) is 23.4 Å². The Bertz CT molecular complexity index is 400. The average Bonchev–Trinajstić information content (AvgIpc) is 2.46. The molecule has 2 atom stereocenters. The smallest absolute Gasteiger partial charge is 0.129 e. The van der Waals surface area contributed by atoms with E-state index in [0.29, 0.717) is 6.04 Å². The van der Waals surface area contributed by atoms with E-state index in [0.717, 1.165) is 43.1 Å². The quantitative estimate of drug-likeness (QED) is 0.905. The molecular formula is C15H24N2O2. The van der Waals surface area contributed by atoms with E-state index in [1.54, 1.807) is 0 Å². The van der Waals surface area contributed by atoms with Crippen molar-refractivity contribution in [2.75, 3.05) is 18.1 Å². The number of pyridine rings is 1. The van der Waals surface area contributed by atoms with Gasteiger partial charge in [0.1, 0.15) is 5.82 Å². The van der Waals surface area contributed by atoms with Crippen LogP contribution in [-0.2, 0) is 17.8 Å². The van der Waals surface area contributed by atoms with Crippen molar-refractivity contribution < 1.29 is 9.84 Å². The first-order valence-electron chi connectivity index (χ1n) is 7.16. The molecule has 1 fully saturated rings. The maximum Gasteiger partial charge on any atom is 0.129 e. The third kappa shape index (κ3) is 3.25. The summed E-state index contributed by atoms with van der Waals surface area (Å²) >= 11 is 0. The molecule has 2 unspecified atom stereocenters. The number of hydrogen-bond donors (Lipinski definition) is 1. The number of nitrogens with zero attached hydrogens (tertiary/aromatic N) is 2. The summed E-state index contributed by atoms with van der Waals surface area (Å²) in [5.41, 5.74) is 1.98. The van der Waals surface area contributed by atoms with Crippen LogP contribution in [0.5, 0.6) is 0 Å². The van der Waals surface area contributed by atoms with E-state index in [-0.39, 0.29) is 12.7 Å². The molecule has 1 aromatic heterocycles. The normalized spacial score (nSPS) is 23.7. The standard InChI is InChI=1S/C15H24N2O2/c1-4-13-6-12(9-18)7-15(16-13)17-8-11(3)19-10-14(17)5-2/h6-7,11,14,18H,4-5,8-10H2,1-3H3. The van der Waals surface area contributed by atoms with Gasteiger partial charge in [-0.2, -0.15) is 0 Å². The van der Waals surface area contributed by atoms with Crippen LogP contribution in [0.25, 0.3) is 0 Å². The predicted molar refractivity (Wildman–Crippen MR) is 76.4 cm³/mol. The summed E-state index contributed by atoms with van der Waals surface area (Å²) in [5, 5.41) is 9.38. The maximum absolute atomic E-state index is 9.38. The van der Waals surface area contributed by atoms with E-state index in [4.69, 9.17) is 9.72 Å². The number of hydrogen-bond acceptors (Lipinski definition) is 4. The Kier molecular flexibility index (Phi) is 4.77. The molecule has 0 aliphatic carbocycles. The first kappa shape index (κ1) is 14.3. The summed E-state index contributed by atoms with van der Waals surface area (Å²) in [4.78, 5) is 7.04. The predicted octanol–water partition coefficient (Wildman–Crippen LogP) is 2.14. The van der Waals surface area contributed by atoms with Gasteiger partial charge in [0.25, 0.3) is 0 Å². The fraction of sp³-hybridized carbons (Fsp3) is 0.667. The molecule has 0 amide bonds. The number of rotatable bonds is 4. The van der Waals surface area contributed by atoms with Crippen LogP contribution in [0.4, 0.5) is 5.82 Å². The molecule has 19 heavy (non-hydrogen) atoms. The molecule has 1 aliphatic rings. The Labute approximate surface area is 115 Å². The summed E-state index contributed by atoms with van der Waals surface area (Å²) < 4.78 is 5.73. The van der Waals surface area contributed by atoms with Gasteiger partial charge >= 0.3 is 0 Å². The number of morpholine rings is 1. The molecule has 0 radical (unpaired) electrons. The van der Waals surface area contributed by atoms with Crippen LogP contribution in [-0.4, -0.2) is 35.4 Å². The minimum absolute atomic E-state index is 0.0687. The number of aryl methyl sites for hydroxylation is 1. The molecule has 1 saturated heterocycles. The van der Waals surface area contributed by atoms with Gasteiger partial charge in [0.05, 0.1) is 25.4 Å². The van der Waals surface area contributed by atoms with Crippen molar-refractivity contribution in [2.45, 2.75) is 52.4 Å². The lowest BCUT2D eigenvalue weighted by molar-refractivity contribution is 0.0296. The van der Waals surface area contributed by atoms with E-state index in [2.05, 4.69) is 25.7 Å². The van der Waals surface area contributed by atoms with Crippen LogP contribution in [0.1, 0.15) is 38.4 Å². The van der Waals surface area contributed by atoms with Gasteiger partial charge in [0.2, 0.25) is 0 Å². The topological polar surface area (TPSA) is 45.6 Å². The number of aromatic nitrogens is 1. The van der Waals surface area contributed by atoms with Crippen LogP contribution >= 0.6 is 0 Å². The lowest BCUT2D eigenvalue weighted by atomic mass is 10.1. The van der Waals surface area contributed by atoms with Crippen molar-refractivity contribution in [2.24, 2.45) is 0 Å². The van der Waals surface area contributed by atoms with Crippen LogP contribution < -0.4 is 4.90 Å². The van der Waals surface area contributed by atoms with Crippen LogP contribution in [0.2, 0.25) is 0 Å². The van der Waals surface area contributed by atoms with E-state index in [1.165, 1.54) is 0 Å². The van der Waals surface area contributed by atoms with Crippen LogP contribution in [0.15, 0.2) is 12.1 Å². The van der Waals surface area contributed by atoms with Gasteiger partial charge < -0.3 is 14.7 Å². The van der Waals surface area contributed by atoms with Crippen LogP contribution in [0, 0.1) is 0 Å². The number of aliphatic hydroxyl groups excluding tert-OH is 1. The first-order valence-corrected chi connectivity index (χ1v) is 7.16. The second-order valence-electron chi connectivity index (χ2n) is 5.19. The summed E-state index contributed by atoms with van der Waals surface area (Å²) in [6, 6.07) is 4.36. The number of aliphatic hydroxyl groups is 1. The van der Waals surface area contributed by atoms with Crippen molar-refractivity contribution in [1.82, 2.24) is 4.98 Å². The highest BCUT2D eigenvalue weighted by Crippen LogP contribution is 2.23. The minimum Gasteiger partial charge on any atom is -0.392 e. The Morgan fingerprint density at radius 2 is 2.21 bits per heavy atom. The Hall–Kier alpha value is -1.13. The summed E-state index contributed by atoms with van der Waals surface area (Å²) in [6.45, 7) is 8.04. The molecule has 4 nitrogen and oxygen atoms in total. The maximum atomic E-state index is 9.38. The van der Waals surface area contributed by atoms with Gasteiger partial charge in [-0.25, -0.2) is 4.98 Å². The largest absolute Gasteiger partial charge is 0.392 e. The molecular weight excluding hydrogens is 240 g/mol. The second-order valence-corrected chi connectivity index (χ2v) is 5.19. The van der Waals surface area contributed by atoms with Crippen molar-refractivity contribution >= 4 is 5.82 Å². The summed E-state index contributed by atoms with van der Waals surface area (Å²) in [5.74, 6) is 0.977. The molecule has 1 aromatic rings. The van der Waals surface area contributed by atoms with Gasteiger partial charge in [0, 0.05) is 12.2 Å². The van der Waals surface area contributed by atoms with Gasteiger partial charge in [-0.1, -0.05) is 13.8 Å². The van der Waals surface area contributed by atoms with Crippen molar-refractivity contribution in [3.8, 4) is 0 Å². The highest BCUT2D eigenvalue weighted by Gasteiger charge is 2.26. The molecule has 0 spiro atoms. The van der Waals surface area contributed by atoms with Crippen molar-refractivity contribution in [1.29, 1.82) is 0 Å². The molecule has 2 heterocycles. The molecule has 4 heteroatoms. The first-order chi connectivity index (χ1) is 9.17. The van der Waals surface area contributed by atoms with Gasteiger partial charge in [-0.15, -0.1) is 0 Å². The molecule has 0 aromatic carbocycles. The molecule has 0 saturated carbocycles. The van der Waals surface area contributed by atoms with Crippen LogP contribution in [0.3, 0.4) is 0 Å². The summed E-state index contributed by atoms with van der Waals surface area (Å²) in [6.07, 6.45) is 2.16. The second kappa shape index (κ2) is 6.35. The average molecular weight is 264 g/mol. The Balaban J connectivity index is 2.31. The van der Waals surface area contributed by atoms with E-state index in [1.807, 2.05) is 12.1 Å². The van der Waals surface area contributed by atoms with E-state index in [9.17, 15) is 5.11 Å². The molecule has 1 N–H and O–H groups in total. The van der Waals surface area contributed by atoms with E-state index >= 15 is 0 Å². The molecule has 1 aliphatic heterocycles. The summed E-state index contributed by atoms with van der Waals surface area (Å²) in [7, 11) is 0. The highest BCUT2D eigenvalue weighted by molar-refractivity contribution is 5.44. The molecule has 2 rings (SSSR count). The van der Waals surface area contributed by atoms with Gasteiger partial charge in [0.15, 0.2) is 0 Å². The SMILES string of the molecule is CCc1cc(CO)cc(N2CC(C)OCC2CC)n1. The third-order valence-electron chi connectivity index (χ3n) is 3.70. The van der Waals surface area contributed by atoms with Crippen molar-refractivity contribution in [3.63, 3.8) is 0 Å². The monoisotopic (exact) mass is 264 g/mol. The number of anilines is 1. The molecule has 0 bridgehead atoms. The Morgan fingerprint density at radius 3 is 2.84 bits per heavy atom. The fourth-order valence-electron chi connectivity index (χ4n) is 2.52. The minimum atomic E-state index is 0.0687.